The molecule has 3 rings (SSSR count). The number of thioether (sulfide) groups is 1. The van der Waals surface area contributed by atoms with Gasteiger partial charge in [0.1, 0.15) is 5.52 Å². The van der Waals surface area contributed by atoms with Crippen LogP contribution in [0, 0.1) is 20.8 Å². The maximum absolute atomic E-state index is 6.08. The van der Waals surface area contributed by atoms with E-state index in [4.69, 9.17) is 11.5 Å². The van der Waals surface area contributed by atoms with Gasteiger partial charge >= 0.3 is 0 Å². The highest BCUT2D eigenvalue weighted by Gasteiger charge is 2.16. The van der Waals surface area contributed by atoms with Crippen LogP contribution in [0.5, 0.6) is 0 Å². The van der Waals surface area contributed by atoms with Crippen LogP contribution in [0.25, 0.3) is 11.2 Å². The Kier molecular flexibility index (Phi) is 5.84. The van der Waals surface area contributed by atoms with Crippen LogP contribution in [0.15, 0.2) is 11.1 Å². The number of nitrogens with zero attached hydrogens (tertiary/aromatic N) is 5. The Labute approximate surface area is 152 Å². The van der Waals surface area contributed by atoms with E-state index >= 15 is 0 Å². The number of aryl methyl sites for hydroxylation is 2. The zero-order chi connectivity index (χ0) is 18.7. The molecule has 0 saturated heterocycles. The Morgan fingerprint density at radius 3 is 2.40 bits per heavy atom. The number of nitrogen functional groups attached to an aromatic ring is 2. The van der Waals surface area contributed by atoms with E-state index in [9.17, 15) is 0 Å². The van der Waals surface area contributed by atoms with Crippen molar-refractivity contribution in [1.82, 2.24) is 24.5 Å². The van der Waals surface area contributed by atoms with Gasteiger partial charge in [0.15, 0.2) is 5.65 Å². The van der Waals surface area contributed by atoms with Crippen LogP contribution in [0.3, 0.4) is 0 Å². The number of hydrogen-bond acceptors (Lipinski definition) is 7. The van der Waals surface area contributed by atoms with Crippen molar-refractivity contribution in [2.45, 2.75) is 46.1 Å². The quantitative estimate of drug-likeness (QED) is 0.692. The molecule has 3 aromatic heterocycles. The lowest BCUT2D eigenvalue weighted by atomic mass is 10.1. The van der Waals surface area contributed by atoms with Crippen molar-refractivity contribution in [3.63, 3.8) is 0 Å². The number of rotatable bonds is 3. The first kappa shape index (κ1) is 19.0. The van der Waals surface area contributed by atoms with Gasteiger partial charge in [-0.05, 0) is 38.2 Å². The number of anilines is 2. The van der Waals surface area contributed by atoms with Gasteiger partial charge in [0.25, 0.3) is 0 Å². The van der Waals surface area contributed by atoms with Crippen molar-refractivity contribution < 1.29 is 0 Å². The highest BCUT2D eigenvalue weighted by molar-refractivity contribution is 7.98. The van der Waals surface area contributed by atoms with Gasteiger partial charge in [-0.25, -0.2) is 9.97 Å². The largest absolute Gasteiger partial charge is 0.369 e. The number of hydrogen-bond donors (Lipinski definition) is 2. The average Bonchev–Trinajstić information content (AvgIpc) is 2.89. The summed E-state index contributed by atoms with van der Waals surface area (Å²) in [4.78, 5) is 18.6. The number of nitrogens with two attached hydrogens (primary N) is 2. The Bertz CT molecular complexity index is 902. The lowest BCUT2D eigenvalue weighted by molar-refractivity contribution is 0.784. The lowest BCUT2D eigenvalue weighted by Crippen LogP contribution is -2.10. The molecule has 0 bridgehead atoms. The summed E-state index contributed by atoms with van der Waals surface area (Å²) in [7, 11) is 0. The number of fused-ring (bicyclic) bond motifs is 1. The predicted octanol–water partition coefficient (Wildman–Crippen LogP) is 3.11. The normalized spacial score (nSPS) is 10.6. The van der Waals surface area contributed by atoms with Gasteiger partial charge in [-0.3, -0.25) is 9.55 Å². The maximum atomic E-state index is 6.08. The molecule has 4 N–H and O–H groups in total. The highest BCUT2D eigenvalue weighted by Crippen LogP contribution is 2.27. The lowest BCUT2D eigenvalue weighted by Gasteiger charge is -2.13. The van der Waals surface area contributed by atoms with Gasteiger partial charge in [0, 0.05) is 11.1 Å². The van der Waals surface area contributed by atoms with Gasteiger partial charge < -0.3 is 11.5 Å². The van der Waals surface area contributed by atoms with E-state index in [0.29, 0.717) is 23.7 Å². The van der Waals surface area contributed by atoms with Crippen molar-refractivity contribution in [3.05, 3.63) is 28.7 Å². The van der Waals surface area contributed by atoms with Crippen LogP contribution in [0.4, 0.5) is 11.9 Å². The standard InChI is InChI=1S/C15H19N7S.C2H6/c1-7-5-18-10(8(2)12(7)23-4)6-22-13-11(20-15(22)17)9(3)19-14(16)21-13;1-2/h5H,6H2,1-4H3,(H2,17,20)(H2,16,19,21);1-2H3. The van der Waals surface area contributed by atoms with E-state index in [1.54, 1.807) is 11.8 Å². The summed E-state index contributed by atoms with van der Waals surface area (Å²) in [6.07, 6.45) is 3.95. The minimum Gasteiger partial charge on any atom is -0.369 e. The molecule has 3 aromatic rings. The zero-order valence-corrected chi connectivity index (χ0v) is 16.4. The Hall–Kier alpha value is -2.35. The third kappa shape index (κ3) is 3.53. The van der Waals surface area contributed by atoms with Gasteiger partial charge in [-0.1, -0.05) is 13.8 Å². The van der Waals surface area contributed by atoms with Gasteiger partial charge in [0.2, 0.25) is 11.9 Å². The number of pyridine rings is 1. The van der Waals surface area contributed by atoms with Crippen LogP contribution >= 0.6 is 11.8 Å². The summed E-state index contributed by atoms with van der Waals surface area (Å²) in [6, 6.07) is 0. The molecule has 0 aliphatic rings. The molecule has 0 unspecified atom stereocenters. The van der Waals surface area contributed by atoms with Crippen molar-refractivity contribution in [2.24, 2.45) is 0 Å². The zero-order valence-electron chi connectivity index (χ0n) is 15.6. The molecular weight excluding hydrogens is 334 g/mol. The summed E-state index contributed by atoms with van der Waals surface area (Å²) >= 11 is 1.72. The molecular formula is C17H25N7S. The van der Waals surface area contributed by atoms with E-state index < -0.39 is 0 Å². The summed E-state index contributed by atoms with van der Waals surface area (Å²) in [5.74, 6) is 0.602. The van der Waals surface area contributed by atoms with E-state index in [1.807, 2.05) is 31.5 Å². The van der Waals surface area contributed by atoms with E-state index in [0.717, 1.165) is 17.0 Å². The second-order valence-corrected chi connectivity index (χ2v) is 6.26. The minimum absolute atomic E-state index is 0.217. The summed E-state index contributed by atoms with van der Waals surface area (Å²) in [6.45, 7) is 10.5. The first-order valence-electron chi connectivity index (χ1n) is 8.17. The van der Waals surface area contributed by atoms with Crippen LogP contribution in [0.2, 0.25) is 0 Å². The third-order valence-corrected chi connectivity index (χ3v) is 4.91. The average molecular weight is 360 g/mol. The molecule has 7 nitrogen and oxygen atoms in total. The van der Waals surface area contributed by atoms with Crippen LogP contribution in [-0.4, -0.2) is 30.8 Å². The SMILES string of the molecule is CC.CSc1c(C)cnc(Cn2c(N)nc3c(C)nc(N)nc32)c1C. The van der Waals surface area contributed by atoms with Crippen molar-refractivity contribution in [2.75, 3.05) is 17.7 Å². The monoisotopic (exact) mass is 359 g/mol. The molecule has 0 aliphatic heterocycles. The van der Waals surface area contributed by atoms with Crippen molar-refractivity contribution in [3.8, 4) is 0 Å². The van der Waals surface area contributed by atoms with E-state index in [2.05, 4.69) is 40.0 Å². The molecule has 0 radical (unpaired) electrons. The summed E-state index contributed by atoms with van der Waals surface area (Å²) < 4.78 is 1.83. The smallest absolute Gasteiger partial charge is 0.222 e. The van der Waals surface area contributed by atoms with E-state index in [1.165, 1.54) is 10.5 Å². The number of imidazole rings is 1. The second kappa shape index (κ2) is 7.69. The second-order valence-electron chi connectivity index (χ2n) is 5.44. The molecule has 134 valence electrons. The van der Waals surface area contributed by atoms with Crippen molar-refractivity contribution in [1.29, 1.82) is 0 Å². The number of aromatic nitrogens is 5. The van der Waals surface area contributed by atoms with Crippen LogP contribution < -0.4 is 11.5 Å². The third-order valence-electron chi connectivity index (χ3n) is 3.87. The molecule has 0 aromatic carbocycles. The molecule has 8 heteroatoms. The molecule has 0 atom stereocenters. The fourth-order valence-electron chi connectivity index (χ4n) is 2.71. The maximum Gasteiger partial charge on any atom is 0.222 e. The van der Waals surface area contributed by atoms with Crippen molar-refractivity contribution >= 4 is 34.8 Å². The summed E-state index contributed by atoms with van der Waals surface area (Å²) in [5, 5.41) is 0. The molecule has 0 aliphatic carbocycles. The predicted molar refractivity (Wildman–Crippen MR) is 105 cm³/mol. The molecule has 0 fully saturated rings. The fourth-order valence-corrected chi connectivity index (χ4v) is 3.51. The molecule has 0 saturated carbocycles. The highest BCUT2D eigenvalue weighted by atomic mass is 32.2. The molecule has 0 spiro atoms. The Balaban J connectivity index is 0.00000109. The van der Waals surface area contributed by atoms with Crippen LogP contribution in [0.1, 0.15) is 36.4 Å². The molecule has 3 heterocycles. The minimum atomic E-state index is 0.217. The fraction of sp³-hybridized carbons (Fsp3) is 0.412. The summed E-state index contributed by atoms with van der Waals surface area (Å²) in [5.41, 5.74) is 17.1. The molecule has 25 heavy (non-hydrogen) atoms. The van der Waals surface area contributed by atoms with Gasteiger partial charge in [-0.15, -0.1) is 11.8 Å². The Morgan fingerprint density at radius 1 is 1.08 bits per heavy atom. The Morgan fingerprint density at radius 2 is 1.76 bits per heavy atom. The van der Waals surface area contributed by atoms with Gasteiger partial charge in [-0.2, -0.15) is 4.98 Å². The van der Waals surface area contributed by atoms with Crippen LogP contribution in [-0.2, 0) is 6.54 Å². The first-order valence-corrected chi connectivity index (χ1v) is 9.39. The topological polar surface area (TPSA) is 109 Å². The van der Waals surface area contributed by atoms with E-state index in [-0.39, 0.29) is 5.95 Å². The molecule has 0 amide bonds. The first-order chi connectivity index (χ1) is 11.9. The van der Waals surface area contributed by atoms with Gasteiger partial charge in [0.05, 0.1) is 17.9 Å².